The first-order valence-electron chi connectivity index (χ1n) is 10.4. The van der Waals surface area contributed by atoms with Crippen molar-refractivity contribution < 1.29 is 14.2 Å². The molecule has 5 rings (SSSR count). The van der Waals surface area contributed by atoms with Crippen LogP contribution in [0.15, 0.2) is 53.6 Å². The number of ether oxygens (including phenoxy) is 3. The second kappa shape index (κ2) is 8.72. The summed E-state index contributed by atoms with van der Waals surface area (Å²) in [6, 6.07) is 11.5. The van der Waals surface area contributed by atoms with Crippen molar-refractivity contribution in [1.29, 1.82) is 0 Å². The van der Waals surface area contributed by atoms with Gasteiger partial charge in [0.2, 0.25) is 5.75 Å². The first-order chi connectivity index (χ1) is 15.7. The van der Waals surface area contributed by atoms with E-state index in [2.05, 4.69) is 31.3 Å². The van der Waals surface area contributed by atoms with Crippen LogP contribution < -0.4 is 20.3 Å². The van der Waals surface area contributed by atoms with Crippen LogP contribution in [-0.2, 0) is 11.2 Å². The van der Waals surface area contributed by atoms with Crippen molar-refractivity contribution in [3.63, 3.8) is 0 Å². The molecule has 3 N–H and O–H groups in total. The second-order valence-electron chi connectivity index (χ2n) is 7.51. The molecular weight excluding hydrogens is 410 g/mol. The standard InChI is InChI=1S/C23H23N5O4/c1-30-12-15-13-32-19-21(26-15)27-20(17-6-4-9-24-22(17)29)28-23(19)31-10-8-14-11-25-18-7-3-2-5-16(14)18/h2-7,9,11,15,25H,8,10,12-13H2,1H3,(H,24,29)(H,26,27,28). The Morgan fingerprint density at radius 3 is 2.94 bits per heavy atom. The van der Waals surface area contributed by atoms with E-state index in [1.807, 2.05) is 24.4 Å². The van der Waals surface area contributed by atoms with Crippen molar-refractivity contribution in [2.75, 3.05) is 32.2 Å². The van der Waals surface area contributed by atoms with Gasteiger partial charge in [0.15, 0.2) is 11.6 Å². The van der Waals surface area contributed by atoms with Crippen LogP contribution in [0, 0.1) is 0 Å². The number of pyridine rings is 1. The monoisotopic (exact) mass is 433 g/mol. The van der Waals surface area contributed by atoms with Crippen LogP contribution in [0.25, 0.3) is 22.3 Å². The summed E-state index contributed by atoms with van der Waals surface area (Å²) in [5.41, 5.74) is 2.32. The van der Waals surface area contributed by atoms with E-state index in [-0.39, 0.29) is 17.4 Å². The number of nitrogens with one attached hydrogen (secondary N) is 3. The number of hydrogen-bond acceptors (Lipinski definition) is 7. The van der Waals surface area contributed by atoms with Crippen LogP contribution in [0.1, 0.15) is 5.56 Å². The van der Waals surface area contributed by atoms with Gasteiger partial charge in [-0.15, -0.1) is 0 Å². The molecule has 0 radical (unpaired) electrons. The van der Waals surface area contributed by atoms with E-state index in [4.69, 9.17) is 14.2 Å². The molecule has 0 saturated heterocycles. The first kappa shape index (κ1) is 20.1. The predicted octanol–water partition coefficient (Wildman–Crippen LogP) is 2.75. The number of anilines is 1. The van der Waals surface area contributed by atoms with E-state index in [0.717, 1.165) is 16.5 Å². The highest BCUT2D eigenvalue weighted by atomic mass is 16.5. The summed E-state index contributed by atoms with van der Waals surface area (Å²) in [5.74, 6) is 1.49. The van der Waals surface area contributed by atoms with Gasteiger partial charge in [0.1, 0.15) is 6.61 Å². The minimum atomic E-state index is -0.276. The van der Waals surface area contributed by atoms with Gasteiger partial charge in [0, 0.05) is 36.8 Å². The van der Waals surface area contributed by atoms with Crippen LogP contribution in [0.5, 0.6) is 11.6 Å². The molecule has 32 heavy (non-hydrogen) atoms. The molecule has 0 fully saturated rings. The van der Waals surface area contributed by atoms with E-state index in [1.165, 1.54) is 0 Å². The Bertz CT molecular complexity index is 1300. The lowest BCUT2D eigenvalue weighted by atomic mass is 10.1. The third kappa shape index (κ3) is 3.90. The first-order valence-corrected chi connectivity index (χ1v) is 10.4. The predicted molar refractivity (Wildman–Crippen MR) is 120 cm³/mol. The van der Waals surface area contributed by atoms with E-state index in [9.17, 15) is 4.79 Å². The Labute approximate surface area is 183 Å². The molecule has 0 saturated carbocycles. The second-order valence-corrected chi connectivity index (χ2v) is 7.51. The fourth-order valence-electron chi connectivity index (χ4n) is 3.78. The van der Waals surface area contributed by atoms with Crippen molar-refractivity contribution in [3.05, 3.63) is 64.7 Å². The summed E-state index contributed by atoms with van der Waals surface area (Å²) >= 11 is 0. The van der Waals surface area contributed by atoms with Crippen molar-refractivity contribution >= 4 is 16.7 Å². The molecule has 0 aliphatic carbocycles. The molecule has 0 amide bonds. The third-order valence-corrected chi connectivity index (χ3v) is 5.32. The Morgan fingerprint density at radius 1 is 1.16 bits per heavy atom. The summed E-state index contributed by atoms with van der Waals surface area (Å²) in [6.45, 7) is 1.25. The number of para-hydroxylation sites is 1. The van der Waals surface area contributed by atoms with Crippen LogP contribution in [-0.4, -0.2) is 52.9 Å². The maximum absolute atomic E-state index is 12.3. The van der Waals surface area contributed by atoms with Gasteiger partial charge in [0.05, 0.1) is 24.8 Å². The zero-order valence-corrected chi connectivity index (χ0v) is 17.6. The molecule has 1 aliphatic heterocycles. The summed E-state index contributed by atoms with van der Waals surface area (Å²) in [7, 11) is 1.63. The normalized spacial score (nSPS) is 15.1. The molecular formula is C23H23N5O4. The summed E-state index contributed by atoms with van der Waals surface area (Å²) in [4.78, 5) is 27.3. The Balaban J connectivity index is 1.44. The van der Waals surface area contributed by atoms with Gasteiger partial charge in [-0.3, -0.25) is 4.79 Å². The third-order valence-electron chi connectivity index (χ3n) is 5.32. The van der Waals surface area contributed by atoms with Gasteiger partial charge < -0.3 is 29.5 Å². The molecule has 4 aromatic rings. The van der Waals surface area contributed by atoms with Crippen LogP contribution in [0.2, 0.25) is 0 Å². The van der Waals surface area contributed by atoms with Gasteiger partial charge in [0.25, 0.3) is 11.4 Å². The minimum absolute atomic E-state index is 0.0663. The van der Waals surface area contributed by atoms with Gasteiger partial charge >= 0.3 is 0 Å². The number of aromatic amines is 2. The average molecular weight is 433 g/mol. The topological polar surface area (TPSA) is 114 Å². The zero-order chi connectivity index (χ0) is 21.9. The molecule has 3 aromatic heterocycles. The van der Waals surface area contributed by atoms with Crippen LogP contribution >= 0.6 is 0 Å². The highest BCUT2D eigenvalue weighted by Crippen LogP contribution is 2.37. The fraction of sp³-hybridized carbons (Fsp3) is 0.261. The number of rotatable bonds is 7. The number of nitrogens with zero attached hydrogens (tertiary/aromatic N) is 2. The number of aromatic nitrogens is 4. The Hall–Kier alpha value is -3.85. The van der Waals surface area contributed by atoms with Crippen molar-refractivity contribution in [1.82, 2.24) is 19.9 Å². The molecule has 1 aliphatic rings. The van der Waals surface area contributed by atoms with Crippen molar-refractivity contribution in [2.24, 2.45) is 0 Å². The van der Waals surface area contributed by atoms with Crippen LogP contribution in [0.4, 0.5) is 5.82 Å². The smallest absolute Gasteiger partial charge is 0.263 e. The summed E-state index contributed by atoms with van der Waals surface area (Å²) in [5, 5.41) is 4.46. The molecule has 1 aromatic carbocycles. The van der Waals surface area contributed by atoms with Crippen molar-refractivity contribution in [3.8, 4) is 23.0 Å². The largest absolute Gasteiger partial charge is 0.483 e. The lowest BCUT2D eigenvalue weighted by Gasteiger charge is -2.27. The van der Waals surface area contributed by atoms with Gasteiger partial charge in [-0.1, -0.05) is 18.2 Å². The Kier molecular flexibility index (Phi) is 5.47. The molecule has 9 heteroatoms. The van der Waals surface area contributed by atoms with Crippen molar-refractivity contribution in [2.45, 2.75) is 12.5 Å². The number of hydrogen-bond donors (Lipinski definition) is 3. The summed E-state index contributed by atoms with van der Waals surface area (Å²) in [6.07, 6.45) is 4.24. The van der Waals surface area contributed by atoms with E-state index < -0.39 is 0 Å². The van der Waals surface area contributed by atoms with E-state index in [0.29, 0.717) is 49.3 Å². The maximum atomic E-state index is 12.3. The number of H-pyrrole nitrogens is 2. The quantitative estimate of drug-likeness (QED) is 0.411. The van der Waals surface area contributed by atoms with Gasteiger partial charge in [-0.2, -0.15) is 4.98 Å². The SMILES string of the molecule is COCC1COc2c(nc(-c3ccc[nH]c3=O)nc2OCCc2c[nH]c3ccccc23)N1. The maximum Gasteiger partial charge on any atom is 0.263 e. The molecule has 1 atom stereocenters. The average Bonchev–Trinajstić information content (AvgIpc) is 3.22. The van der Waals surface area contributed by atoms with Crippen LogP contribution in [0.3, 0.4) is 0 Å². The number of fused-ring (bicyclic) bond motifs is 2. The Morgan fingerprint density at radius 2 is 2.06 bits per heavy atom. The molecule has 164 valence electrons. The number of benzene rings is 1. The molecule has 4 heterocycles. The molecule has 9 nitrogen and oxygen atoms in total. The molecule has 1 unspecified atom stereocenters. The van der Waals surface area contributed by atoms with E-state index >= 15 is 0 Å². The van der Waals surface area contributed by atoms with Gasteiger partial charge in [-0.05, 0) is 23.8 Å². The highest BCUT2D eigenvalue weighted by Gasteiger charge is 2.26. The van der Waals surface area contributed by atoms with E-state index in [1.54, 1.807) is 25.4 Å². The molecule has 0 bridgehead atoms. The lowest BCUT2D eigenvalue weighted by molar-refractivity contribution is 0.151. The minimum Gasteiger partial charge on any atom is -0.483 e. The highest BCUT2D eigenvalue weighted by molar-refractivity contribution is 5.83. The number of methoxy groups -OCH3 is 1. The summed E-state index contributed by atoms with van der Waals surface area (Å²) < 4.78 is 17.2. The molecule has 0 spiro atoms. The zero-order valence-electron chi connectivity index (χ0n) is 17.6. The lowest BCUT2D eigenvalue weighted by Crippen LogP contribution is -2.36. The van der Waals surface area contributed by atoms with Gasteiger partial charge in [-0.25, -0.2) is 4.98 Å². The fourth-order valence-corrected chi connectivity index (χ4v) is 3.78.